The quantitative estimate of drug-likeness (QED) is 0.148. The molecule has 4 aliphatic carbocycles. The Bertz CT molecular complexity index is 1770. The van der Waals surface area contributed by atoms with E-state index in [2.05, 4.69) is 5.32 Å². The van der Waals surface area contributed by atoms with Gasteiger partial charge in [0.05, 0.1) is 36.0 Å². The Morgan fingerprint density at radius 2 is 1.58 bits per heavy atom. The highest BCUT2D eigenvalue weighted by molar-refractivity contribution is 5.95. The first kappa shape index (κ1) is 46.2. The van der Waals surface area contributed by atoms with E-state index in [-0.39, 0.29) is 24.2 Å². The SMILES string of the molecule is CC(=O)O[C@H]1C(=O)[C@@]2(C)C([C@H](OC(=O)C3CCCCC3)[C@]3(O)C[C@H](OC(=O)[C@H](O)[C@H](C=C(C)C)NC(=O)OC(C)(C)C)C(C)=C1C3(C)C)[C@]1(OC(C)=O)CO[C@@H]1C[C@@H]2O. The van der Waals surface area contributed by atoms with Gasteiger partial charge >= 0.3 is 30.0 Å². The molecule has 2 bridgehead atoms. The summed E-state index contributed by atoms with van der Waals surface area (Å²) >= 11 is 0. The first-order chi connectivity index (χ1) is 27.2. The van der Waals surface area contributed by atoms with Gasteiger partial charge in [-0.1, -0.05) is 44.8 Å². The molecule has 0 aromatic rings. The van der Waals surface area contributed by atoms with Crippen LogP contribution in [0.15, 0.2) is 22.8 Å². The minimum absolute atomic E-state index is 0.0329. The van der Waals surface area contributed by atoms with Gasteiger partial charge in [-0.2, -0.15) is 0 Å². The van der Waals surface area contributed by atoms with Crippen LogP contribution in [0.5, 0.6) is 0 Å². The fourth-order valence-electron chi connectivity index (χ4n) is 10.2. The maximum Gasteiger partial charge on any atom is 0.408 e. The first-order valence-corrected chi connectivity index (χ1v) is 20.6. The van der Waals surface area contributed by atoms with Crippen molar-refractivity contribution < 1.29 is 72.5 Å². The van der Waals surface area contributed by atoms with Gasteiger partial charge in [-0.3, -0.25) is 19.2 Å². The Labute approximate surface area is 345 Å². The summed E-state index contributed by atoms with van der Waals surface area (Å²) in [5.41, 5.74) is -7.66. The van der Waals surface area contributed by atoms with E-state index in [1.54, 1.807) is 48.5 Å². The largest absolute Gasteiger partial charge is 0.459 e. The summed E-state index contributed by atoms with van der Waals surface area (Å²) < 4.78 is 35.7. The monoisotopic (exact) mass is 833 g/mol. The first-order valence-electron chi connectivity index (χ1n) is 20.6. The van der Waals surface area contributed by atoms with Gasteiger partial charge in [-0.15, -0.1) is 0 Å². The van der Waals surface area contributed by atoms with Crippen molar-refractivity contribution in [2.24, 2.45) is 22.7 Å². The van der Waals surface area contributed by atoms with E-state index in [4.69, 9.17) is 28.4 Å². The van der Waals surface area contributed by atoms with E-state index in [1.807, 2.05) is 0 Å². The number of nitrogens with one attached hydrogen (secondary N) is 1. The zero-order valence-electron chi connectivity index (χ0n) is 36.2. The normalized spacial score (nSPS) is 35.1. The molecule has 330 valence electrons. The van der Waals surface area contributed by atoms with Crippen LogP contribution in [-0.2, 0) is 52.4 Å². The van der Waals surface area contributed by atoms with Crippen molar-refractivity contribution in [3.05, 3.63) is 22.8 Å². The van der Waals surface area contributed by atoms with Crippen molar-refractivity contribution in [3.8, 4) is 0 Å². The molecule has 5 aliphatic rings. The number of carbonyl (C=O) groups is 6. The van der Waals surface area contributed by atoms with Gasteiger partial charge in [0.2, 0.25) is 0 Å². The molecule has 5 rings (SSSR count). The molecule has 3 saturated carbocycles. The molecule has 0 aromatic carbocycles. The van der Waals surface area contributed by atoms with Crippen LogP contribution in [0.4, 0.5) is 4.79 Å². The van der Waals surface area contributed by atoms with E-state index in [1.165, 1.54) is 26.8 Å². The number of alkyl carbamates (subject to hydrolysis) is 1. The lowest BCUT2D eigenvalue weighted by molar-refractivity contribution is -0.347. The fourth-order valence-corrected chi connectivity index (χ4v) is 10.2. The Morgan fingerprint density at radius 1 is 0.949 bits per heavy atom. The summed E-state index contributed by atoms with van der Waals surface area (Å²) in [5, 5.41) is 39.6. The Morgan fingerprint density at radius 3 is 2.10 bits per heavy atom. The van der Waals surface area contributed by atoms with E-state index in [0.717, 1.165) is 26.2 Å². The Balaban J connectivity index is 1.71. The zero-order chi connectivity index (χ0) is 44.2. The average Bonchev–Trinajstić information content (AvgIpc) is 3.11. The van der Waals surface area contributed by atoms with Crippen molar-refractivity contribution in [2.45, 2.75) is 181 Å². The highest BCUT2D eigenvalue weighted by Gasteiger charge is 2.78. The summed E-state index contributed by atoms with van der Waals surface area (Å²) in [7, 11) is 0. The smallest absolute Gasteiger partial charge is 0.408 e. The summed E-state index contributed by atoms with van der Waals surface area (Å²) in [4.78, 5) is 82.5. The average molecular weight is 834 g/mol. The number of rotatable bonds is 9. The summed E-state index contributed by atoms with van der Waals surface area (Å²) in [5.74, 6) is -6.36. The fraction of sp³-hybridized carbons (Fsp3) is 0.767. The Kier molecular flexibility index (Phi) is 13.0. The lowest BCUT2D eigenvalue weighted by Crippen LogP contribution is -2.82. The van der Waals surface area contributed by atoms with Crippen molar-refractivity contribution in [1.29, 1.82) is 0 Å². The van der Waals surface area contributed by atoms with Crippen LogP contribution in [0.2, 0.25) is 0 Å². The number of esters is 4. The van der Waals surface area contributed by atoms with Gasteiger partial charge < -0.3 is 49.1 Å². The number of aliphatic hydroxyl groups excluding tert-OH is 2. The molecule has 1 amide bonds. The molecule has 0 aromatic heterocycles. The van der Waals surface area contributed by atoms with Gasteiger partial charge in [0, 0.05) is 32.1 Å². The van der Waals surface area contributed by atoms with Crippen LogP contribution in [-0.4, -0.2) is 117 Å². The lowest BCUT2D eigenvalue weighted by Gasteiger charge is -2.67. The zero-order valence-corrected chi connectivity index (χ0v) is 36.2. The number of Topliss-reactive ketones (excluding diaryl/α,β-unsaturated/α-hetero) is 1. The number of aliphatic hydroxyl groups is 3. The molecule has 1 heterocycles. The van der Waals surface area contributed by atoms with Gasteiger partial charge in [-0.05, 0) is 72.5 Å². The van der Waals surface area contributed by atoms with Crippen LogP contribution < -0.4 is 5.32 Å². The molecule has 1 aliphatic heterocycles. The minimum atomic E-state index is -2.31. The van der Waals surface area contributed by atoms with Crippen LogP contribution in [0.1, 0.15) is 121 Å². The molecule has 1 saturated heterocycles. The molecule has 1 unspecified atom stereocenters. The molecule has 4 N–H and O–H groups in total. The molecule has 4 fully saturated rings. The Hall–Kier alpha value is -3.86. The number of hydrogen-bond donors (Lipinski definition) is 4. The van der Waals surface area contributed by atoms with Gasteiger partial charge in [0.15, 0.2) is 23.6 Å². The van der Waals surface area contributed by atoms with Crippen molar-refractivity contribution >= 4 is 35.8 Å². The van der Waals surface area contributed by atoms with Crippen molar-refractivity contribution in [1.82, 2.24) is 5.32 Å². The predicted octanol–water partition coefficient (Wildman–Crippen LogP) is 3.69. The number of fused-ring (bicyclic) bond motifs is 5. The molecular weight excluding hydrogens is 770 g/mol. The topological polar surface area (TPSA) is 231 Å². The minimum Gasteiger partial charge on any atom is -0.459 e. The second kappa shape index (κ2) is 16.5. The molecule has 16 nitrogen and oxygen atoms in total. The molecule has 0 spiro atoms. The second-order valence-corrected chi connectivity index (χ2v) is 19.0. The number of amides is 1. The third kappa shape index (κ3) is 8.43. The van der Waals surface area contributed by atoms with Crippen molar-refractivity contribution in [2.75, 3.05) is 6.61 Å². The van der Waals surface area contributed by atoms with Crippen molar-refractivity contribution in [3.63, 3.8) is 0 Å². The number of ketones is 1. The van der Waals surface area contributed by atoms with Gasteiger partial charge in [0.25, 0.3) is 0 Å². The van der Waals surface area contributed by atoms with E-state index < -0.39 is 124 Å². The number of hydrogen-bond acceptors (Lipinski definition) is 15. The van der Waals surface area contributed by atoms with Crippen LogP contribution in [0.25, 0.3) is 0 Å². The van der Waals surface area contributed by atoms with E-state index in [9.17, 15) is 39.3 Å². The molecule has 11 atom stereocenters. The third-order valence-electron chi connectivity index (χ3n) is 13.2. The number of carbonyl (C=O) groups excluding carboxylic acids is 6. The van der Waals surface area contributed by atoms with Crippen LogP contribution in [0, 0.1) is 22.7 Å². The predicted molar refractivity (Wildman–Crippen MR) is 208 cm³/mol. The van der Waals surface area contributed by atoms with E-state index >= 15 is 4.79 Å². The molecule has 16 heteroatoms. The standard InChI is InChI=1S/C43H63NO15/c1-21(2)17-26(44-38(52)59-39(6,7)8)31(48)37(51)56-27-19-43(53)35(57-36(50)25-15-13-12-14-16-25)33-41(11,28(47)18-29-42(33,20-54-29)58-24(5)46)34(49)32(55-23(4)45)30(22(27)3)40(43,9)10/h17,25-29,31-33,35,47-48,53H,12-16,18-20H2,1-11H3,(H,44,52)/t26-,27-,28-,29+,31+,32+,33?,35-,41+,42-,43+/m0/s1. The summed E-state index contributed by atoms with van der Waals surface area (Å²) in [6.45, 7) is 16.5. The van der Waals surface area contributed by atoms with Crippen LogP contribution in [0.3, 0.4) is 0 Å². The summed E-state index contributed by atoms with van der Waals surface area (Å²) in [6, 6.07) is -1.33. The van der Waals surface area contributed by atoms with Crippen LogP contribution >= 0.6 is 0 Å². The van der Waals surface area contributed by atoms with E-state index in [0.29, 0.717) is 18.4 Å². The third-order valence-corrected chi connectivity index (χ3v) is 13.2. The molecule has 0 radical (unpaired) electrons. The van der Waals surface area contributed by atoms with Gasteiger partial charge in [0.1, 0.15) is 29.5 Å². The number of ether oxygens (including phenoxy) is 6. The maximum atomic E-state index is 15.4. The second-order valence-electron chi connectivity index (χ2n) is 19.0. The highest BCUT2D eigenvalue weighted by atomic mass is 16.6. The van der Waals surface area contributed by atoms with Gasteiger partial charge in [-0.25, -0.2) is 9.59 Å². The highest BCUT2D eigenvalue weighted by Crippen LogP contribution is 2.64. The lowest BCUT2D eigenvalue weighted by atomic mass is 9.44. The summed E-state index contributed by atoms with van der Waals surface area (Å²) in [6.07, 6.45) is -6.12. The maximum absolute atomic E-state index is 15.4. The molecular formula is C43H63NO15. The molecule has 59 heavy (non-hydrogen) atoms. The number of allylic oxidation sites excluding steroid dienone is 1.